The lowest BCUT2D eigenvalue weighted by atomic mass is 10.3. The molecule has 0 bridgehead atoms. The molecule has 0 saturated carbocycles. The zero-order valence-corrected chi connectivity index (χ0v) is 8.90. The van der Waals surface area contributed by atoms with Gasteiger partial charge >= 0.3 is 0 Å². The fourth-order valence-electron chi connectivity index (χ4n) is 1.19. The molecule has 13 heavy (non-hydrogen) atoms. The Morgan fingerprint density at radius 1 is 1.54 bits per heavy atom. The summed E-state index contributed by atoms with van der Waals surface area (Å²) in [4.78, 5) is 0. The van der Waals surface area contributed by atoms with E-state index in [9.17, 15) is 0 Å². The van der Waals surface area contributed by atoms with E-state index in [-0.39, 0.29) is 12.4 Å². The van der Waals surface area contributed by atoms with E-state index in [2.05, 4.69) is 22.9 Å². The van der Waals surface area contributed by atoms with E-state index in [0.29, 0.717) is 6.54 Å². The quantitative estimate of drug-likeness (QED) is 0.709. The first-order chi connectivity index (χ1) is 5.77. The van der Waals surface area contributed by atoms with Gasteiger partial charge in [-0.15, -0.1) is 12.4 Å². The predicted octanol–water partition coefficient (Wildman–Crippen LogP) is 0.705. The largest absolute Gasteiger partial charge is 0.388 e. The Hall–Kier alpha value is -0.800. The second-order valence-electron chi connectivity index (χ2n) is 2.79. The molecule has 74 valence electrons. The Morgan fingerprint density at radius 2 is 2.23 bits per heavy atom. The lowest BCUT2D eigenvalue weighted by molar-refractivity contribution is -0.700. The lowest BCUT2D eigenvalue weighted by Gasteiger charge is -2.01. The van der Waals surface area contributed by atoms with Crippen LogP contribution in [0.4, 0.5) is 5.69 Å². The summed E-state index contributed by atoms with van der Waals surface area (Å²) in [6, 6.07) is 4.15. The number of nitrogens with one attached hydrogen (secondary N) is 1. The van der Waals surface area contributed by atoms with E-state index in [4.69, 9.17) is 5.73 Å². The zero-order chi connectivity index (χ0) is 8.97. The number of nitrogens with two attached hydrogens (primary N) is 1. The third kappa shape index (κ3) is 3.20. The number of aromatic nitrogens is 1. The van der Waals surface area contributed by atoms with Crippen LogP contribution in [-0.2, 0) is 6.54 Å². The Kier molecular flexibility index (Phi) is 5.42. The van der Waals surface area contributed by atoms with Crippen LogP contribution in [0.2, 0.25) is 0 Å². The maximum absolute atomic E-state index is 5.46. The van der Waals surface area contributed by atoms with Crippen molar-refractivity contribution in [2.75, 3.05) is 18.9 Å². The van der Waals surface area contributed by atoms with E-state index in [1.807, 2.05) is 19.3 Å². The van der Waals surface area contributed by atoms with Crippen LogP contribution in [0.1, 0.15) is 5.69 Å². The molecule has 1 rings (SSSR count). The molecule has 0 aliphatic heterocycles. The highest BCUT2D eigenvalue weighted by Gasteiger charge is 2.04. The third-order valence-corrected chi connectivity index (χ3v) is 1.91. The van der Waals surface area contributed by atoms with Gasteiger partial charge in [0.05, 0.1) is 6.54 Å². The summed E-state index contributed by atoms with van der Waals surface area (Å²) in [5.41, 5.74) is 7.83. The standard InChI is InChI=1S/C9H15N3.ClH/c1-8-7-9(11-2)3-5-12(8)6-4-10;/h3,5,7H,4,6,10H2,1-2H3;1H/p+1. The van der Waals surface area contributed by atoms with Crippen LogP contribution in [-0.4, -0.2) is 13.6 Å². The van der Waals surface area contributed by atoms with Crippen molar-refractivity contribution in [2.45, 2.75) is 13.5 Å². The molecule has 0 aromatic carbocycles. The summed E-state index contributed by atoms with van der Waals surface area (Å²) in [5, 5.41) is 3.09. The SMILES string of the molecule is CNc1cc[n+](CCN)c(C)c1.Cl. The third-order valence-electron chi connectivity index (χ3n) is 1.91. The predicted molar refractivity (Wildman–Crippen MR) is 57.2 cm³/mol. The number of pyridine rings is 1. The number of hydrogen-bond acceptors (Lipinski definition) is 2. The second-order valence-corrected chi connectivity index (χ2v) is 2.79. The zero-order valence-electron chi connectivity index (χ0n) is 8.08. The van der Waals surface area contributed by atoms with E-state index in [0.717, 1.165) is 12.2 Å². The first-order valence-corrected chi connectivity index (χ1v) is 4.16. The van der Waals surface area contributed by atoms with Crippen molar-refractivity contribution in [1.82, 2.24) is 0 Å². The molecule has 0 atom stereocenters. The van der Waals surface area contributed by atoms with Gasteiger partial charge in [-0.05, 0) is 0 Å². The summed E-state index contributed by atoms with van der Waals surface area (Å²) < 4.78 is 2.14. The molecule has 0 saturated heterocycles. The minimum atomic E-state index is 0. The number of nitrogens with zero attached hydrogens (tertiary/aromatic N) is 1. The summed E-state index contributed by atoms with van der Waals surface area (Å²) >= 11 is 0. The molecular formula is C9H17ClN3+. The molecule has 4 heteroatoms. The van der Waals surface area contributed by atoms with Gasteiger partial charge in [0.1, 0.15) is 0 Å². The van der Waals surface area contributed by atoms with Gasteiger partial charge in [0.25, 0.3) is 0 Å². The summed E-state index contributed by atoms with van der Waals surface area (Å²) in [6.45, 7) is 3.65. The molecule has 0 spiro atoms. The Labute approximate surface area is 85.4 Å². The lowest BCUT2D eigenvalue weighted by Crippen LogP contribution is -2.39. The van der Waals surface area contributed by atoms with Crippen LogP contribution in [0.5, 0.6) is 0 Å². The summed E-state index contributed by atoms with van der Waals surface area (Å²) in [7, 11) is 1.92. The maximum atomic E-state index is 5.46. The smallest absolute Gasteiger partial charge is 0.180 e. The average molecular weight is 203 g/mol. The number of halogens is 1. The van der Waals surface area contributed by atoms with E-state index in [1.165, 1.54) is 5.69 Å². The molecule has 0 aliphatic carbocycles. The number of anilines is 1. The van der Waals surface area contributed by atoms with E-state index in [1.54, 1.807) is 0 Å². The summed E-state index contributed by atoms with van der Waals surface area (Å²) in [6.07, 6.45) is 2.05. The fourth-order valence-corrected chi connectivity index (χ4v) is 1.19. The van der Waals surface area contributed by atoms with Crippen molar-refractivity contribution in [2.24, 2.45) is 5.73 Å². The highest BCUT2D eigenvalue weighted by atomic mass is 35.5. The van der Waals surface area contributed by atoms with Crippen LogP contribution in [0.25, 0.3) is 0 Å². The van der Waals surface area contributed by atoms with Crippen molar-refractivity contribution in [3.63, 3.8) is 0 Å². The van der Waals surface area contributed by atoms with Crippen LogP contribution in [0.15, 0.2) is 18.3 Å². The first-order valence-electron chi connectivity index (χ1n) is 4.16. The Balaban J connectivity index is 0.00000144. The van der Waals surface area contributed by atoms with Gasteiger partial charge in [0.2, 0.25) is 0 Å². The van der Waals surface area contributed by atoms with Crippen molar-refractivity contribution in [1.29, 1.82) is 0 Å². The van der Waals surface area contributed by atoms with Crippen molar-refractivity contribution >= 4 is 18.1 Å². The van der Waals surface area contributed by atoms with Gasteiger partial charge in [0, 0.05) is 31.8 Å². The monoisotopic (exact) mass is 202 g/mol. The van der Waals surface area contributed by atoms with Crippen molar-refractivity contribution in [3.8, 4) is 0 Å². The maximum Gasteiger partial charge on any atom is 0.180 e. The molecule has 1 aromatic rings. The molecule has 3 nitrogen and oxygen atoms in total. The highest BCUT2D eigenvalue weighted by Crippen LogP contribution is 2.03. The number of rotatable bonds is 3. The molecular weight excluding hydrogens is 186 g/mol. The number of aryl methyl sites for hydroxylation is 1. The molecule has 1 heterocycles. The molecule has 0 fully saturated rings. The van der Waals surface area contributed by atoms with Gasteiger partial charge in [-0.2, -0.15) is 0 Å². The van der Waals surface area contributed by atoms with E-state index >= 15 is 0 Å². The Morgan fingerprint density at radius 3 is 2.69 bits per heavy atom. The molecule has 1 aromatic heterocycles. The highest BCUT2D eigenvalue weighted by molar-refractivity contribution is 5.85. The van der Waals surface area contributed by atoms with Crippen LogP contribution < -0.4 is 15.6 Å². The molecule has 0 unspecified atom stereocenters. The Bertz CT molecular complexity index is 263. The van der Waals surface area contributed by atoms with Crippen molar-refractivity contribution in [3.05, 3.63) is 24.0 Å². The van der Waals surface area contributed by atoms with Gasteiger partial charge in [0.15, 0.2) is 18.4 Å². The first kappa shape index (κ1) is 12.2. The van der Waals surface area contributed by atoms with Crippen LogP contribution in [0, 0.1) is 6.92 Å². The average Bonchev–Trinajstić information content (AvgIpc) is 2.09. The van der Waals surface area contributed by atoms with Crippen LogP contribution in [0.3, 0.4) is 0 Å². The van der Waals surface area contributed by atoms with E-state index < -0.39 is 0 Å². The topological polar surface area (TPSA) is 41.9 Å². The minimum Gasteiger partial charge on any atom is -0.388 e. The summed E-state index contributed by atoms with van der Waals surface area (Å²) in [5.74, 6) is 0. The molecule has 3 N–H and O–H groups in total. The fraction of sp³-hybridized carbons (Fsp3) is 0.444. The molecule has 0 aliphatic rings. The van der Waals surface area contributed by atoms with Gasteiger partial charge < -0.3 is 11.1 Å². The normalized spacial score (nSPS) is 9.15. The van der Waals surface area contributed by atoms with Gasteiger partial charge in [-0.3, -0.25) is 0 Å². The van der Waals surface area contributed by atoms with Crippen LogP contribution >= 0.6 is 12.4 Å². The van der Waals surface area contributed by atoms with Crippen molar-refractivity contribution < 1.29 is 4.57 Å². The molecule has 0 amide bonds. The van der Waals surface area contributed by atoms with Gasteiger partial charge in [-0.1, -0.05) is 0 Å². The second kappa shape index (κ2) is 5.78. The molecule has 0 radical (unpaired) electrons. The van der Waals surface area contributed by atoms with Gasteiger partial charge in [-0.25, -0.2) is 4.57 Å². The minimum absolute atomic E-state index is 0. The number of hydrogen-bond donors (Lipinski definition) is 2.